The Hall–Kier alpha value is -2.66. The molecule has 0 spiro atoms. The van der Waals surface area contributed by atoms with E-state index < -0.39 is 0 Å². The van der Waals surface area contributed by atoms with Gasteiger partial charge in [-0.1, -0.05) is 30.3 Å². The van der Waals surface area contributed by atoms with Crippen molar-refractivity contribution in [2.24, 2.45) is 0 Å². The maximum atomic E-state index is 5.88. The molecule has 24 heavy (non-hydrogen) atoms. The second-order valence-electron chi connectivity index (χ2n) is 6.05. The molecule has 1 unspecified atom stereocenters. The van der Waals surface area contributed by atoms with Gasteiger partial charge >= 0.3 is 0 Å². The summed E-state index contributed by atoms with van der Waals surface area (Å²) >= 11 is 0. The summed E-state index contributed by atoms with van der Waals surface area (Å²) in [5.74, 6) is 2.05. The number of anilines is 1. The van der Waals surface area contributed by atoms with Crippen molar-refractivity contribution in [3.8, 4) is 11.6 Å². The molecule has 5 heteroatoms. The minimum atomic E-state index is 0.407. The molecule has 2 aromatic carbocycles. The molecule has 0 radical (unpaired) electrons. The van der Waals surface area contributed by atoms with E-state index in [0.29, 0.717) is 11.9 Å². The van der Waals surface area contributed by atoms with Crippen LogP contribution in [0.5, 0.6) is 11.6 Å². The summed E-state index contributed by atoms with van der Waals surface area (Å²) in [7, 11) is 4.11. The number of rotatable bonds is 6. The van der Waals surface area contributed by atoms with E-state index in [-0.39, 0.29) is 0 Å². The summed E-state index contributed by atoms with van der Waals surface area (Å²) in [5, 5.41) is 5.64. The van der Waals surface area contributed by atoms with E-state index in [1.807, 2.05) is 36.4 Å². The van der Waals surface area contributed by atoms with Crippen LogP contribution in [0.25, 0.3) is 10.8 Å². The van der Waals surface area contributed by atoms with E-state index in [0.717, 1.165) is 23.5 Å². The Bertz CT molecular complexity index is 819. The van der Waals surface area contributed by atoms with Gasteiger partial charge in [-0.05, 0) is 43.9 Å². The molecule has 0 saturated carbocycles. The number of nitrogens with zero attached hydrogens (tertiary/aromatic N) is 3. The minimum absolute atomic E-state index is 0.407. The zero-order valence-corrected chi connectivity index (χ0v) is 14.2. The highest BCUT2D eigenvalue weighted by molar-refractivity contribution is 5.83. The smallest absolute Gasteiger partial charge is 0.224 e. The van der Waals surface area contributed by atoms with Crippen LogP contribution in [0.3, 0.4) is 0 Å². The number of likely N-dealkylation sites (N-methyl/N-ethyl adjacent to an activating group) is 1. The second-order valence-corrected chi connectivity index (χ2v) is 6.05. The Morgan fingerprint density at radius 3 is 2.62 bits per heavy atom. The first-order chi connectivity index (χ1) is 11.6. The summed E-state index contributed by atoms with van der Waals surface area (Å²) in [6, 6.07) is 16.4. The third kappa shape index (κ3) is 4.00. The van der Waals surface area contributed by atoms with Crippen molar-refractivity contribution in [1.82, 2.24) is 14.9 Å². The maximum absolute atomic E-state index is 5.88. The summed E-state index contributed by atoms with van der Waals surface area (Å²) in [4.78, 5) is 10.6. The molecule has 3 rings (SSSR count). The number of hydrogen-bond acceptors (Lipinski definition) is 5. The third-order valence-corrected chi connectivity index (χ3v) is 4.05. The normalized spacial score (nSPS) is 12.3. The van der Waals surface area contributed by atoms with Crippen LogP contribution in [0.4, 0.5) is 5.82 Å². The molecule has 1 aromatic heterocycles. The van der Waals surface area contributed by atoms with Crippen molar-refractivity contribution >= 4 is 16.6 Å². The van der Waals surface area contributed by atoms with Crippen LogP contribution in [-0.4, -0.2) is 41.5 Å². The predicted octanol–water partition coefficient (Wildman–Crippen LogP) is 3.78. The van der Waals surface area contributed by atoms with Crippen LogP contribution >= 0.6 is 0 Å². The zero-order valence-electron chi connectivity index (χ0n) is 14.2. The van der Waals surface area contributed by atoms with Gasteiger partial charge in [0.15, 0.2) is 0 Å². The van der Waals surface area contributed by atoms with Crippen LogP contribution in [0.15, 0.2) is 54.9 Å². The fourth-order valence-corrected chi connectivity index (χ4v) is 2.28. The quantitative estimate of drug-likeness (QED) is 0.748. The third-order valence-electron chi connectivity index (χ3n) is 4.05. The monoisotopic (exact) mass is 322 g/mol. The number of fused-ring (bicyclic) bond motifs is 1. The Morgan fingerprint density at radius 2 is 1.83 bits per heavy atom. The molecular formula is C19H22N4O. The molecule has 124 valence electrons. The molecule has 1 atom stereocenters. The standard InChI is InChI=1S/C19H22N4O/c1-14(23(2)3)12-20-18-11-19(22-13-21-18)24-17-9-8-15-6-4-5-7-16(15)10-17/h4-11,13-14H,12H2,1-3H3,(H,20,21,22). The first kappa shape index (κ1) is 16.2. The summed E-state index contributed by atoms with van der Waals surface area (Å²) < 4.78 is 5.88. The van der Waals surface area contributed by atoms with Crippen LogP contribution < -0.4 is 10.1 Å². The number of benzene rings is 2. The Labute approximate surface area is 142 Å². The van der Waals surface area contributed by atoms with Gasteiger partial charge in [0.2, 0.25) is 5.88 Å². The van der Waals surface area contributed by atoms with E-state index in [4.69, 9.17) is 4.74 Å². The average molecular weight is 322 g/mol. The SMILES string of the molecule is CC(CNc1cc(Oc2ccc3ccccc3c2)ncn1)N(C)C. The van der Waals surface area contributed by atoms with Gasteiger partial charge < -0.3 is 15.0 Å². The summed E-state index contributed by atoms with van der Waals surface area (Å²) in [6.45, 7) is 2.96. The molecule has 0 aliphatic carbocycles. The maximum Gasteiger partial charge on any atom is 0.224 e. The van der Waals surface area contributed by atoms with E-state index in [9.17, 15) is 0 Å². The van der Waals surface area contributed by atoms with Crippen LogP contribution in [-0.2, 0) is 0 Å². The lowest BCUT2D eigenvalue weighted by Crippen LogP contribution is -2.31. The molecule has 0 aliphatic heterocycles. The van der Waals surface area contributed by atoms with Crippen molar-refractivity contribution in [2.75, 3.05) is 26.0 Å². The average Bonchev–Trinajstić information content (AvgIpc) is 2.60. The molecule has 0 bridgehead atoms. The van der Waals surface area contributed by atoms with Gasteiger partial charge in [0.05, 0.1) is 0 Å². The van der Waals surface area contributed by atoms with Crippen molar-refractivity contribution in [1.29, 1.82) is 0 Å². The van der Waals surface area contributed by atoms with E-state index in [2.05, 4.69) is 53.3 Å². The van der Waals surface area contributed by atoms with Gasteiger partial charge in [0, 0.05) is 18.7 Å². The number of aromatic nitrogens is 2. The molecule has 0 amide bonds. The van der Waals surface area contributed by atoms with Crippen LogP contribution in [0, 0.1) is 0 Å². The minimum Gasteiger partial charge on any atom is -0.439 e. The molecule has 1 N–H and O–H groups in total. The first-order valence-corrected chi connectivity index (χ1v) is 8.01. The fourth-order valence-electron chi connectivity index (χ4n) is 2.28. The Morgan fingerprint density at radius 1 is 1.04 bits per heavy atom. The zero-order chi connectivity index (χ0) is 16.9. The number of nitrogens with one attached hydrogen (secondary N) is 1. The molecule has 3 aromatic rings. The molecule has 0 fully saturated rings. The van der Waals surface area contributed by atoms with Gasteiger partial charge in [0.25, 0.3) is 0 Å². The molecule has 0 aliphatic rings. The van der Waals surface area contributed by atoms with Gasteiger partial charge in [0.1, 0.15) is 17.9 Å². The molecule has 0 saturated heterocycles. The highest BCUT2D eigenvalue weighted by Gasteiger charge is 2.06. The largest absolute Gasteiger partial charge is 0.439 e. The topological polar surface area (TPSA) is 50.3 Å². The second kappa shape index (κ2) is 7.27. The van der Waals surface area contributed by atoms with Crippen molar-refractivity contribution in [3.05, 3.63) is 54.9 Å². The summed E-state index contributed by atoms with van der Waals surface area (Å²) in [6.07, 6.45) is 1.51. The highest BCUT2D eigenvalue weighted by Crippen LogP contribution is 2.25. The van der Waals surface area contributed by atoms with Gasteiger partial charge in [-0.2, -0.15) is 0 Å². The molecular weight excluding hydrogens is 300 g/mol. The first-order valence-electron chi connectivity index (χ1n) is 8.01. The van der Waals surface area contributed by atoms with Gasteiger partial charge in [-0.25, -0.2) is 9.97 Å². The Kier molecular flexibility index (Phi) is 4.91. The van der Waals surface area contributed by atoms with E-state index >= 15 is 0 Å². The summed E-state index contributed by atoms with van der Waals surface area (Å²) in [5.41, 5.74) is 0. The molecule has 1 heterocycles. The lowest BCUT2D eigenvalue weighted by atomic mass is 10.1. The van der Waals surface area contributed by atoms with Crippen LogP contribution in [0.1, 0.15) is 6.92 Å². The lowest BCUT2D eigenvalue weighted by molar-refractivity contribution is 0.326. The van der Waals surface area contributed by atoms with Crippen molar-refractivity contribution < 1.29 is 4.74 Å². The van der Waals surface area contributed by atoms with E-state index in [1.54, 1.807) is 0 Å². The van der Waals surface area contributed by atoms with Gasteiger partial charge in [-0.15, -0.1) is 0 Å². The fraction of sp³-hybridized carbons (Fsp3) is 0.263. The number of hydrogen-bond donors (Lipinski definition) is 1. The van der Waals surface area contributed by atoms with E-state index in [1.165, 1.54) is 11.7 Å². The molecule has 5 nitrogen and oxygen atoms in total. The van der Waals surface area contributed by atoms with Crippen molar-refractivity contribution in [2.45, 2.75) is 13.0 Å². The highest BCUT2D eigenvalue weighted by atomic mass is 16.5. The Balaban J connectivity index is 1.71. The van der Waals surface area contributed by atoms with Gasteiger partial charge in [-0.3, -0.25) is 0 Å². The lowest BCUT2D eigenvalue weighted by Gasteiger charge is -2.20. The predicted molar refractivity (Wildman–Crippen MR) is 97.7 cm³/mol. The van der Waals surface area contributed by atoms with Crippen LogP contribution in [0.2, 0.25) is 0 Å². The van der Waals surface area contributed by atoms with Crippen molar-refractivity contribution in [3.63, 3.8) is 0 Å². The number of ether oxygens (including phenoxy) is 1.